The molecule has 1 heterocycles. The highest BCUT2D eigenvalue weighted by molar-refractivity contribution is 6.12. The molecular formula is C21H17N. The Morgan fingerprint density at radius 2 is 1.68 bits per heavy atom. The fraction of sp³-hybridized carbons (Fsp3) is 0.143. The van der Waals surface area contributed by atoms with Crippen molar-refractivity contribution in [3.8, 4) is 11.1 Å². The van der Waals surface area contributed by atoms with Gasteiger partial charge >= 0.3 is 0 Å². The first-order valence-electron chi connectivity index (χ1n) is 7.83. The minimum atomic E-state index is 1.05. The van der Waals surface area contributed by atoms with E-state index in [1.54, 1.807) is 0 Å². The van der Waals surface area contributed by atoms with Crippen molar-refractivity contribution in [2.45, 2.75) is 13.3 Å². The third kappa shape index (κ3) is 1.38. The van der Waals surface area contributed by atoms with Crippen molar-refractivity contribution in [1.29, 1.82) is 0 Å². The van der Waals surface area contributed by atoms with Gasteiger partial charge in [-0.1, -0.05) is 42.0 Å². The SMILES string of the molecule is Cc1ccc2c(c1)c1c3c(ccc1n2C)-c1ccccc1C3. The summed E-state index contributed by atoms with van der Waals surface area (Å²) in [6, 6.07) is 20.2. The van der Waals surface area contributed by atoms with Gasteiger partial charge < -0.3 is 4.57 Å². The molecule has 0 aliphatic heterocycles. The lowest BCUT2D eigenvalue weighted by Gasteiger charge is -2.04. The Kier molecular flexibility index (Phi) is 2.20. The van der Waals surface area contributed by atoms with E-state index in [0.29, 0.717) is 0 Å². The first-order chi connectivity index (χ1) is 10.7. The summed E-state index contributed by atoms with van der Waals surface area (Å²) in [4.78, 5) is 0. The largest absolute Gasteiger partial charge is 0.344 e. The molecule has 3 aromatic carbocycles. The van der Waals surface area contributed by atoms with Crippen LogP contribution in [0.3, 0.4) is 0 Å². The molecule has 0 saturated carbocycles. The zero-order valence-corrected chi connectivity index (χ0v) is 12.9. The third-order valence-corrected chi connectivity index (χ3v) is 5.11. The average molecular weight is 283 g/mol. The van der Waals surface area contributed by atoms with Crippen LogP contribution < -0.4 is 0 Å². The van der Waals surface area contributed by atoms with Crippen LogP contribution >= 0.6 is 0 Å². The van der Waals surface area contributed by atoms with E-state index in [9.17, 15) is 0 Å². The molecule has 1 aliphatic carbocycles. The Morgan fingerprint density at radius 3 is 2.59 bits per heavy atom. The molecule has 0 bridgehead atoms. The van der Waals surface area contributed by atoms with E-state index in [2.05, 4.69) is 73.1 Å². The van der Waals surface area contributed by atoms with Gasteiger partial charge in [-0.05, 0) is 53.8 Å². The topological polar surface area (TPSA) is 4.93 Å². The average Bonchev–Trinajstić information content (AvgIpc) is 3.03. The fourth-order valence-corrected chi connectivity index (χ4v) is 4.05. The molecule has 0 saturated heterocycles. The van der Waals surface area contributed by atoms with Gasteiger partial charge in [-0.2, -0.15) is 0 Å². The van der Waals surface area contributed by atoms with Crippen molar-refractivity contribution in [3.63, 3.8) is 0 Å². The number of fused-ring (bicyclic) bond motifs is 7. The van der Waals surface area contributed by atoms with Crippen LogP contribution in [0.1, 0.15) is 16.7 Å². The highest BCUT2D eigenvalue weighted by atomic mass is 14.9. The van der Waals surface area contributed by atoms with Crippen molar-refractivity contribution in [2.24, 2.45) is 7.05 Å². The lowest BCUT2D eigenvalue weighted by Crippen LogP contribution is -1.87. The summed E-state index contributed by atoms with van der Waals surface area (Å²) in [6.45, 7) is 2.18. The zero-order chi connectivity index (χ0) is 14.8. The molecule has 0 spiro atoms. The Bertz CT molecular complexity index is 1070. The lowest BCUT2D eigenvalue weighted by atomic mass is 10.0. The molecule has 1 nitrogen and oxygen atoms in total. The summed E-state index contributed by atoms with van der Waals surface area (Å²) in [7, 11) is 2.18. The van der Waals surface area contributed by atoms with Gasteiger partial charge in [0, 0.05) is 28.9 Å². The zero-order valence-electron chi connectivity index (χ0n) is 12.9. The minimum absolute atomic E-state index is 1.05. The number of rotatable bonds is 0. The number of hydrogen-bond acceptors (Lipinski definition) is 0. The molecule has 106 valence electrons. The van der Waals surface area contributed by atoms with Crippen molar-refractivity contribution >= 4 is 21.8 Å². The highest BCUT2D eigenvalue weighted by Gasteiger charge is 2.22. The van der Waals surface area contributed by atoms with E-state index < -0.39 is 0 Å². The molecule has 1 aliphatic rings. The highest BCUT2D eigenvalue weighted by Crippen LogP contribution is 2.43. The van der Waals surface area contributed by atoms with Gasteiger partial charge in [0.1, 0.15) is 0 Å². The molecule has 1 heteroatoms. The fourth-order valence-electron chi connectivity index (χ4n) is 4.05. The molecule has 0 atom stereocenters. The van der Waals surface area contributed by atoms with Crippen LogP contribution in [0.15, 0.2) is 54.6 Å². The molecule has 0 amide bonds. The number of nitrogens with zero attached hydrogens (tertiary/aromatic N) is 1. The van der Waals surface area contributed by atoms with Crippen LogP contribution in [0.5, 0.6) is 0 Å². The second-order valence-electron chi connectivity index (χ2n) is 6.40. The van der Waals surface area contributed by atoms with Crippen LogP contribution in [-0.2, 0) is 13.5 Å². The van der Waals surface area contributed by atoms with E-state index in [1.165, 1.54) is 49.6 Å². The maximum Gasteiger partial charge on any atom is 0.0492 e. The van der Waals surface area contributed by atoms with Gasteiger partial charge in [0.2, 0.25) is 0 Å². The van der Waals surface area contributed by atoms with Gasteiger partial charge in [-0.25, -0.2) is 0 Å². The summed E-state index contributed by atoms with van der Waals surface area (Å²) in [6.07, 6.45) is 1.05. The number of benzene rings is 3. The Balaban J connectivity index is 1.98. The van der Waals surface area contributed by atoms with Crippen LogP contribution in [0, 0.1) is 6.92 Å². The van der Waals surface area contributed by atoms with Crippen LogP contribution in [0.4, 0.5) is 0 Å². The van der Waals surface area contributed by atoms with E-state index in [-0.39, 0.29) is 0 Å². The molecule has 22 heavy (non-hydrogen) atoms. The predicted octanol–water partition coefficient (Wildman–Crippen LogP) is 5.21. The molecule has 5 rings (SSSR count). The van der Waals surface area contributed by atoms with Crippen LogP contribution in [0.2, 0.25) is 0 Å². The Labute approximate surface area is 129 Å². The second kappa shape index (κ2) is 4.01. The molecule has 1 aromatic heterocycles. The summed E-state index contributed by atoms with van der Waals surface area (Å²) in [5.41, 5.74) is 9.76. The first kappa shape index (κ1) is 12.0. The normalized spacial score (nSPS) is 12.8. The van der Waals surface area contributed by atoms with Crippen molar-refractivity contribution < 1.29 is 0 Å². The minimum Gasteiger partial charge on any atom is -0.344 e. The van der Waals surface area contributed by atoms with E-state index >= 15 is 0 Å². The molecule has 4 aromatic rings. The van der Waals surface area contributed by atoms with Crippen LogP contribution in [0.25, 0.3) is 32.9 Å². The van der Waals surface area contributed by atoms with Gasteiger partial charge in [-0.15, -0.1) is 0 Å². The van der Waals surface area contributed by atoms with Gasteiger partial charge in [0.05, 0.1) is 0 Å². The van der Waals surface area contributed by atoms with E-state index in [0.717, 1.165) is 6.42 Å². The lowest BCUT2D eigenvalue weighted by molar-refractivity contribution is 1.01. The molecule has 0 N–H and O–H groups in total. The smallest absolute Gasteiger partial charge is 0.0492 e. The van der Waals surface area contributed by atoms with Crippen molar-refractivity contribution in [1.82, 2.24) is 4.57 Å². The van der Waals surface area contributed by atoms with Crippen molar-refractivity contribution in [2.75, 3.05) is 0 Å². The first-order valence-corrected chi connectivity index (χ1v) is 7.83. The number of aryl methyl sites for hydroxylation is 2. The molecule has 0 unspecified atom stereocenters. The molecule has 0 fully saturated rings. The quantitative estimate of drug-likeness (QED) is 0.367. The van der Waals surface area contributed by atoms with Crippen LogP contribution in [-0.4, -0.2) is 4.57 Å². The third-order valence-electron chi connectivity index (χ3n) is 5.11. The Morgan fingerprint density at radius 1 is 0.864 bits per heavy atom. The Hall–Kier alpha value is -2.54. The molecule has 0 radical (unpaired) electrons. The summed E-state index contributed by atoms with van der Waals surface area (Å²) in [5, 5.41) is 2.83. The molecular weight excluding hydrogens is 266 g/mol. The standard InChI is InChI=1S/C21H17N/c1-13-7-9-19-18(11-13)21-17-12-14-5-3-4-6-15(14)16(17)8-10-20(21)22(19)2/h3-11H,12H2,1-2H3. The number of hydrogen-bond donors (Lipinski definition) is 0. The van der Waals surface area contributed by atoms with Gasteiger partial charge in [-0.3, -0.25) is 0 Å². The summed E-state index contributed by atoms with van der Waals surface area (Å²) < 4.78 is 2.33. The summed E-state index contributed by atoms with van der Waals surface area (Å²) >= 11 is 0. The maximum absolute atomic E-state index is 2.33. The maximum atomic E-state index is 2.33. The van der Waals surface area contributed by atoms with E-state index in [1.807, 2.05) is 0 Å². The van der Waals surface area contributed by atoms with Gasteiger partial charge in [0.15, 0.2) is 0 Å². The van der Waals surface area contributed by atoms with Crippen molar-refractivity contribution in [3.05, 3.63) is 71.3 Å². The van der Waals surface area contributed by atoms with Gasteiger partial charge in [0.25, 0.3) is 0 Å². The van der Waals surface area contributed by atoms with E-state index in [4.69, 9.17) is 0 Å². The second-order valence-corrected chi connectivity index (χ2v) is 6.40. The summed E-state index contributed by atoms with van der Waals surface area (Å²) in [5.74, 6) is 0. The predicted molar refractivity (Wildman–Crippen MR) is 93.4 cm³/mol. The monoisotopic (exact) mass is 283 g/mol. The number of aromatic nitrogens is 1.